The van der Waals surface area contributed by atoms with E-state index in [1.165, 1.54) is 6.07 Å². The van der Waals surface area contributed by atoms with Gasteiger partial charge in [-0.05, 0) is 18.1 Å². The molecule has 0 spiro atoms. The molecule has 3 nitrogen and oxygen atoms in total. The number of likely N-dealkylation sites (N-methyl/N-ethyl adjacent to an activating group) is 1. The molecule has 86 valence electrons. The Kier molecular flexibility index (Phi) is 2.81. The number of carbonyl (C=O) groups is 1. The van der Waals surface area contributed by atoms with Crippen molar-refractivity contribution in [3.8, 4) is 0 Å². The summed E-state index contributed by atoms with van der Waals surface area (Å²) in [6, 6.07) is 5.00. The van der Waals surface area contributed by atoms with Crippen molar-refractivity contribution in [1.29, 1.82) is 0 Å². The Labute approximate surface area is 93.5 Å². The summed E-state index contributed by atoms with van der Waals surface area (Å²) in [5.41, 5.74) is 1.56. The minimum Gasteiger partial charge on any atom is -0.481 e. The Morgan fingerprint density at radius 3 is 3.06 bits per heavy atom. The van der Waals surface area contributed by atoms with Crippen molar-refractivity contribution in [3.63, 3.8) is 0 Å². The van der Waals surface area contributed by atoms with Crippen LogP contribution in [0.5, 0.6) is 0 Å². The molecule has 4 heteroatoms. The first kappa shape index (κ1) is 10.9. The van der Waals surface area contributed by atoms with Crippen molar-refractivity contribution in [2.24, 2.45) is 0 Å². The molecule has 2 rings (SSSR count). The largest absolute Gasteiger partial charge is 0.481 e. The van der Waals surface area contributed by atoms with E-state index in [-0.39, 0.29) is 18.2 Å². The van der Waals surface area contributed by atoms with E-state index in [9.17, 15) is 9.18 Å². The van der Waals surface area contributed by atoms with Gasteiger partial charge in [0.2, 0.25) is 0 Å². The van der Waals surface area contributed by atoms with Gasteiger partial charge >= 0.3 is 5.97 Å². The molecule has 1 aromatic carbocycles. The summed E-state index contributed by atoms with van der Waals surface area (Å²) in [5, 5.41) is 8.65. The molecule has 0 bridgehead atoms. The number of hydrogen-bond donors (Lipinski definition) is 1. The Balaban J connectivity index is 2.22. The number of benzene rings is 1. The number of anilines is 1. The summed E-state index contributed by atoms with van der Waals surface area (Å²) in [5.74, 6) is -0.892. The molecule has 0 saturated heterocycles. The van der Waals surface area contributed by atoms with Gasteiger partial charge in [-0.1, -0.05) is 12.1 Å². The predicted octanol–water partition coefficient (Wildman–Crippen LogP) is 2.22. The number of aliphatic carboxylic acids is 1. The lowest BCUT2D eigenvalue weighted by atomic mass is 9.96. The average Bonchev–Trinajstić information content (AvgIpc) is 2.54. The summed E-state index contributed by atoms with van der Waals surface area (Å²) in [4.78, 5) is 12.4. The fourth-order valence-electron chi connectivity index (χ4n) is 2.33. The van der Waals surface area contributed by atoms with E-state index in [2.05, 4.69) is 0 Å². The van der Waals surface area contributed by atoms with Crippen LogP contribution < -0.4 is 4.90 Å². The molecule has 0 amide bonds. The third-order valence-corrected chi connectivity index (χ3v) is 3.04. The van der Waals surface area contributed by atoms with E-state index in [0.29, 0.717) is 18.7 Å². The van der Waals surface area contributed by atoms with E-state index < -0.39 is 5.97 Å². The van der Waals surface area contributed by atoms with Gasteiger partial charge in [0.25, 0.3) is 0 Å². The van der Waals surface area contributed by atoms with Gasteiger partial charge in [-0.15, -0.1) is 0 Å². The second-order valence-corrected chi connectivity index (χ2v) is 4.19. The number of rotatable bonds is 3. The van der Waals surface area contributed by atoms with Crippen molar-refractivity contribution in [2.75, 3.05) is 18.5 Å². The van der Waals surface area contributed by atoms with Gasteiger partial charge in [-0.2, -0.15) is 0 Å². The number of fused-ring (bicyclic) bond motifs is 1. The highest BCUT2D eigenvalue weighted by Gasteiger charge is 2.28. The zero-order valence-electron chi connectivity index (χ0n) is 9.11. The fourth-order valence-corrected chi connectivity index (χ4v) is 2.33. The lowest BCUT2D eigenvalue weighted by molar-refractivity contribution is -0.137. The normalized spacial score (nSPS) is 18.6. The van der Waals surface area contributed by atoms with Crippen molar-refractivity contribution in [3.05, 3.63) is 29.6 Å². The van der Waals surface area contributed by atoms with Crippen LogP contribution in [0, 0.1) is 5.82 Å². The van der Waals surface area contributed by atoms with E-state index in [1.54, 1.807) is 6.07 Å². The van der Waals surface area contributed by atoms with Crippen molar-refractivity contribution < 1.29 is 14.3 Å². The van der Waals surface area contributed by atoms with Gasteiger partial charge in [0.05, 0.1) is 5.69 Å². The van der Waals surface area contributed by atoms with Crippen LogP contribution in [-0.4, -0.2) is 24.7 Å². The van der Waals surface area contributed by atoms with Crippen LogP contribution in [0.2, 0.25) is 0 Å². The molecule has 16 heavy (non-hydrogen) atoms. The summed E-state index contributed by atoms with van der Waals surface area (Å²) in [7, 11) is 1.84. The van der Waals surface area contributed by atoms with Gasteiger partial charge in [-0.25, -0.2) is 4.39 Å². The quantitative estimate of drug-likeness (QED) is 0.854. The molecule has 1 aliphatic heterocycles. The van der Waals surface area contributed by atoms with Crippen LogP contribution in [0.15, 0.2) is 18.2 Å². The maximum absolute atomic E-state index is 13.6. The number of halogens is 1. The molecule has 1 aliphatic rings. The highest BCUT2D eigenvalue weighted by molar-refractivity contribution is 5.67. The smallest absolute Gasteiger partial charge is 0.303 e. The second kappa shape index (κ2) is 4.12. The van der Waals surface area contributed by atoms with Crippen LogP contribution in [-0.2, 0) is 4.79 Å². The summed E-state index contributed by atoms with van der Waals surface area (Å²) < 4.78 is 13.6. The minimum absolute atomic E-state index is 0.131. The first-order valence-corrected chi connectivity index (χ1v) is 5.31. The molecule has 1 N–H and O–H groups in total. The Bertz CT molecular complexity index is 419. The molecule has 1 atom stereocenters. The average molecular weight is 223 g/mol. The zero-order chi connectivity index (χ0) is 11.7. The molecular formula is C12H14FNO2. The van der Waals surface area contributed by atoms with Crippen LogP contribution in [0.3, 0.4) is 0 Å². The molecular weight excluding hydrogens is 209 g/mol. The van der Waals surface area contributed by atoms with E-state index >= 15 is 0 Å². The summed E-state index contributed by atoms with van der Waals surface area (Å²) in [6.45, 7) is 0.698. The van der Waals surface area contributed by atoms with Gasteiger partial charge in [-0.3, -0.25) is 4.79 Å². The number of nitrogens with zero attached hydrogens (tertiary/aromatic N) is 1. The maximum atomic E-state index is 13.6. The third kappa shape index (κ3) is 1.87. The van der Waals surface area contributed by atoms with Crippen molar-refractivity contribution in [2.45, 2.75) is 18.8 Å². The van der Waals surface area contributed by atoms with Crippen LogP contribution in [0.4, 0.5) is 10.1 Å². The molecule has 0 aromatic heterocycles. The highest BCUT2D eigenvalue weighted by atomic mass is 19.1. The molecule has 1 heterocycles. The van der Waals surface area contributed by atoms with Crippen LogP contribution in [0.25, 0.3) is 0 Å². The zero-order valence-corrected chi connectivity index (χ0v) is 9.11. The monoisotopic (exact) mass is 223 g/mol. The number of hydrogen-bond acceptors (Lipinski definition) is 2. The van der Waals surface area contributed by atoms with E-state index in [1.807, 2.05) is 18.0 Å². The van der Waals surface area contributed by atoms with Crippen molar-refractivity contribution >= 4 is 11.7 Å². The fraction of sp³-hybridized carbons (Fsp3) is 0.417. The van der Waals surface area contributed by atoms with Crippen LogP contribution in [0.1, 0.15) is 24.3 Å². The molecule has 0 radical (unpaired) electrons. The number of carboxylic acid groups (broad SMARTS) is 1. The first-order chi connectivity index (χ1) is 7.59. The Morgan fingerprint density at radius 1 is 1.62 bits per heavy atom. The lowest BCUT2D eigenvalue weighted by Gasteiger charge is -2.12. The molecule has 1 unspecified atom stereocenters. The molecule has 0 saturated carbocycles. The summed E-state index contributed by atoms with van der Waals surface area (Å²) in [6.07, 6.45) is 0.699. The van der Waals surface area contributed by atoms with Gasteiger partial charge in [0, 0.05) is 25.9 Å². The Hall–Kier alpha value is -1.58. The molecule has 0 fully saturated rings. The third-order valence-electron chi connectivity index (χ3n) is 3.04. The van der Waals surface area contributed by atoms with E-state index in [4.69, 9.17) is 5.11 Å². The van der Waals surface area contributed by atoms with Gasteiger partial charge < -0.3 is 10.0 Å². The topological polar surface area (TPSA) is 40.5 Å². The minimum atomic E-state index is -0.799. The first-order valence-electron chi connectivity index (χ1n) is 5.31. The van der Waals surface area contributed by atoms with Gasteiger partial charge in [0.1, 0.15) is 5.82 Å². The predicted molar refractivity (Wildman–Crippen MR) is 59.3 cm³/mol. The van der Waals surface area contributed by atoms with E-state index in [0.717, 1.165) is 5.56 Å². The van der Waals surface area contributed by atoms with Gasteiger partial charge in [0.15, 0.2) is 0 Å². The molecule has 1 aromatic rings. The summed E-state index contributed by atoms with van der Waals surface area (Å²) >= 11 is 0. The van der Waals surface area contributed by atoms with Crippen molar-refractivity contribution in [1.82, 2.24) is 0 Å². The SMILES string of the molecule is CN1CC(CCC(=O)O)c2cccc(F)c21. The second-order valence-electron chi connectivity index (χ2n) is 4.19. The van der Waals surface area contributed by atoms with Crippen LogP contribution >= 0.6 is 0 Å². The maximum Gasteiger partial charge on any atom is 0.303 e. The standard InChI is InChI=1S/C12H14FNO2/c1-14-7-8(5-6-11(15)16)9-3-2-4-10(13)12(9)14/h2-4,8H,5-7H2,1H3,(H,15,16). The number of para-hydroxylation sites is 1. The highest BCUT2D eigenvalue weighted by Crippen LogP contribution is 2.39. The molecule has 0 aliphatic carbocycles. The lowest BCUT2D eigenvalue weighted by Crippen LogP contribution is -2.16. The Morgan fingerprint density at radius 2 is 2.38 bits per heavy atom. The number of carboxylic acids is 1.